The van der Waals surface area contributed by atoms with Gasteiger partial charge in [-0.1, -0.05) is 34.6 Å². The maximum absolute atomic E-state index is 13.3. The molecule has 0 bridgehead atoms. The standard InChI is InChI=1S/C19H26N4OS/c1-11(2)9-22-16(24)15-13-7-6-12(19(3,4)5)8-14(13)25-17(15)23-10-20-21-18(22)23/h10-12H,6-9H2,1-5H3. The Morgan fingerprint density at radius 2 is 2.12 bits per heavy atom. The Morgan fingerprint density at radius 1 is 1.36 bits per heavy atom. The predicted molar refractivity (Wildman–Crippen MR) is 102 cm³/mol. The van der Waals surface area contributed by atoms with Gasteiger partial charge in [0, 0.05) is 11.4 Å². The van der Waals surface area contributed by atoms with Crippen molar-refractivity contribution in [2.45, 2.75) is 60.4 Å². The van der Waals surface area contributed by atoms with Gasteiger partial charge in [0.1, 0.15) is 11.2 Å². The smallest absolute Gasteiger partial charge is 0.263 e. The molecule has 3 aromatic rings. The van der Waals surface area contributed by atoms with E-state index in [1.165, 1.54) is 10.4 Å². The van der Waals surface area contributed by atoms with Crippen LogP contribution in [0.5, 0.6) is 0 Å². The second-order valence-corrected chi connectivity index (χ2v) is 9.88. The molecule has 0 N–H and O–H groups in total. The third-order valence-electron chi connectivity index (χ3n) is 5.47. The molecule has 0 spiro atoms. The molecule has 0 saturated heterocycles. The van der Waals surface area contributed by atoms with E-state index in [4.69, 9.17) is 0 Å². The molecular formula is C19H26N4OS. The van der Waals surface area contributed by atoms with Crippen LogP contribution in [0.3, 0.4) is 0 Å². The summed E-state index contributed by atoms with van der Waals surface area (Å²) in [7, 11) is 0. The van der Waals surface area contributed by atoms with Crippen molar-refractivity contribution in [3.05, 3.63) is 27.1 Å². The molecule has 134 valence electrons. The van der Waals surface area contributed by atoms with Crippen LogP contribution >= 0.6 is 11.3 Å². The molecule has 1 unspecified atom stereocenters. The summed E-state index contributed by atoms with van der Waals surface area (Å²) in [6.07, 6.45) is 4.98. The molecule has 5 nitrogen and oxygen atoms in total. The van der Waals surface area contributed by atoms with E-state index >= 15 is 0 Å². The van der Waals surface area contributed by atoms with Gasteiger partial charge in [0.15, 0.2) is 0 Å². The van der Waals surface area contributed by atoms with Crippen molar-refractivity contribution in [1.29, 1.82) is 0 Å². The van der Waals surface area contributed by atoms with Gasteiger partial charge in [-0.05, 0) is 42.1 Å². The molecule has 6 heteroatoms. The number of aromatic nitrogens is 4. The Kier molecular flexibility index (Phi) is 3.79. The zero-order valence-corrected chi connectivity index (χ0v) is 16.5. The first-order valence-corrected chi connectivity index (χ1v) is 9.95. The molecule has 0 amide bonds. The number of aryl methyl sites for hydroxylation is 1. The lowest BCUT2D eigenvalue weighted by atomic mass is 9.72. The molecule has 0 aromatic carbocycles. The van der Waals surface area contributed by atoms with Crippen LogP contribution in [-0.2, 0) is 19.4 Å². The molecule has 0 saturated carbocycles. The number of rotatable bonds is 2. The van der Waals surface area contributed by atoms with Crippen molar-refractivity contribution in [2.75, 3.05) is 0 Å². The molecule has 0 fully saturated rings. The molecule has 0 aliphatic heterocycles. The normalized spacial score (nSPS) is 18.4. The molecule has 0 radical (unpaired) electrons. The fraction of sp³-hybridized carbons (Fsp3) is 0.632. The fourth-order valence-electron chi connectivity index (χ4n) is 4.01. The number of thiophene rings is 1. The predicted octanol–water partition coefficient (Wildman–Crippen LogP) is 3.91. The molecule has 1 aliphatic carbocycles. The summed E-state index contributed by atoms with van der Waals surface area (Å²) in [6.45, 7) is 11.9. The summed E-state index contributed by atoms with van der Waals surface area (Å²) in [5, 5.41) is 9.21. The molecular weight excluding hydrogens is 332 g/mol. The van der Waals surface area contributed by atoms with Crippen LogP contribution in [0, 0.1) is 17.3 Å². The Morgan fingerprint density at radius 3 is 2.80 bits per heavy atom. The average molecular weight is 359 g/mol. The first-order chi connectivity index (χ1) is 11.8. The Hall–Kier alpha value is -1.69. The van der Waals surface area contributed by atoms with Crippen molar-refractivity contribution in [1.82, 2.24) is 19.2 Å². The van der Waals surface area contributed by atoms with E-state index in [0.717, 1.165) is 29.5 Å². The van der Waals surface area contributed by atoms with Gasteiger partial charge in [0.05, 0.1) is 5.39 Å². The summed E-state index contributed by atoms with van der Waals surface area (Å²) in [5.41, 5.74) is 1.69. The molecule has 1 atom stereocenters. The van der Waals surface area contributed by atoms with Gasteiger partial charge in [-0.25, -0.2) is 0 Å². The third-order valence-corrected chi connectivity index (χ3v) is 6.72. The second kappa shape index (κ2) is 5.66. The van der Waals surface area contributed by atoms with Crippen LogP contribution in [0.4, 0.5) is 0 Å². The zero-order chi connectivity index (χ0) is 17.9. The Bertz CT molecular complexity index is 1000. The van der Waals surface area contributed by atoms with Crippen LogP contribution < -0.4 is 5.56 Å². The quantitative estimate of drug-likeness (QED) is 0.698. The Labute approximate surface area is 151 Å². The number of nitrogens with zero attached hydrogens (tertiary/aromatic N) is 4. The van der Waals surface area contributed by atoms with Gasteiger partial charge in [-0.3, -0.25) is 13.8 Å². The second-order valence-electron chi connectivity index (χ2n) is 8.80. The summed E-state index contributed by atoms with van der Waals surface area (Å²) < 4.78 is 3.82. The molecule has 3 aromatic heterocycles. The van der Waals surface area contributed by atoms with Crippen LogP contribution in [0.25, 0.3) is 16.0 Å². The van der Waals surface area contributed by atoms with Gasteiger partial charge < -0.3 is 0 Å². The minimum Gasteiger partial charge on any atom is -0.276 e. The first kappa shape index (κ1) is 16.8. The van der Waals surface area contributed by atoms with Crippen LogP contribution in [0.1, 0.15) is 51.5 Å². The van der Waals surface area contributed by atoms with Gasteiger partial charge in [0.25, 0.3) is 5.56 Å². The van der Waals surface area contributed by atoms with E-state index in [2.05, 4.69) is 44.8 Å². The molecule has 25 heavy (non-hydrogen) atoms. The minimum absolute atomic E-state index is 0.107. The van der Waals surface area contributed by atoms with Crippen molar-refractivity contribution in [2.24, 2.45) is 17.3 Å². The zero-order valence-electron chi connectivity index (χ0n) is 15.7. The summed E-state index contributed by atoms with van der Waals surface area (Å²) in [5.74, 6) is 1.72. The number of fused-ring (bicyclic) bond motifs is 5. The first-order valence-electron chi connectivity index (χ1n) is 9.14. The SMILES string of the molecule is CC(C)Cn1c(=O)c2c3c(sc2n2cnnc12)CC(C(C)(C)C)CC3. The van der Waals surface area contributed by atoms with Crippen molar-refractivity contribution in [3.8, 4) is 0 Å². The highest BCUT2D eigenvalue weighted by atomic mass is 32.1. The highest BCUT2D eigenvalue weighted by molar-refractivity contribution is 7.18. The lowest BCUT2D eigenvalue weighted by Crippen LogP contribution is -2.28. The minimum atomic E-state index is 0.107. The third kappa shape index (κ3) is 2.62. The Balaban J connectivity index is 1.97. The van der Waals surface area contributed by atoms with E-state index in [0.29, 0.717) is 29.6 Å². The average Bonchev–Trinajstić information content (AvgIpc) is 3.13. The van der Waals surface area contributed by atoms with Gasteiger partial charge in [-0.15, -0.1) is 21.5 Å². The van der Waals surface area contributed by atoms with E-state index in [9.17, 15) is 4.79 Å². The van der Waals surface area contributed by atoms with Crippen LogP contribution in [-0.4, -0.2) is 19.2 Å². The van der Waals surface area contributed by atoms with Crippen molar-refractivity contribution >= 4 is 27.3 Å². The highest BCUT2D eigenvalue weighted by Crippen LogP contribution is 2.42. The van der Waals surface area contributed by atoms with Crippen molar-refractivity contribution < 1.29 is 0 Å². The van der Waals surface area contributed by atoms with Gasteiger partial charge in [0.2, 0.25) is 5.78 Å². The van der Waals surface area contributed by atoms with E-state index in [-0.39, 0.29) is 5.56 Å². The van der Waals surface area contributed by atoms with Crippen LogP contribution in [0.15, 0.2) is 11.1 Å². The molecule has 4 rings (SSSR count). The van der Waals surface area contributed by atoms with E-state index in [1.807, 2.05) is 8.97 Å². The fourth-order valence-corrected chi connectivity index (χ4v) is 5.40. The summed E-state index contributed by atoms with van der Waals surface area (Å²) >= 11 is 1.77. The topological polar surface area (TPSA) is 52.2 Å². The number of hydrogen-bond acceptors (Lipinski definition) is 4. The molecule has 1 aliphatic rings. The van der Waals surface area contributed by atoms with Gasteiger partial charge >= 0.3 is 0 Å². The lowest BCUT2D eigenvalue weighted by Gasteiger charge is -2.33. The maximum Gasteiger partial charge on any atom is 0.263 e. The monoisotopic (exact) mass is 358 g/mol. The lowest BCUT2D eigenvalue weighted by molar-refractivity contribution is 0.218. The largest absolute Gasteiger partial charge is 0.276 e. The highest BCUT2D eigenvalue weighted by Gasteiger charge is 2.32. The summed E-state index contributed by atoms with van der Waals surface area (Å²) in [4.78, 5) is 15.7. The van der Waals surface area contributed by atoms with Gasteiger partial charge in [-0.2, -0.15) is 0 Å². The number of hydrogen-bond donors (Lipinski definition) is 0. The summed E-state index contributed by atoms with van der Waals surface area (Å²) in [6, 6.07) is 0. The van der Waals surface area contributed by atoms with E-state index < -0.39 is 0 Å². The van der Waals surface area contributed by atoms with Crippen LogP contribution in [0.2, 0.25) is 0 Å². The maximum atomic E-state index is 13.3. The van der Waals surface area contributed by atoms with E-state index in [1.54, 1.807) is 17.7 Å². The molecule has 3 heterocycles. The van der Waals surface area contributed by atoms with Crippen molar-refractivity contribution in [3.63, 3.8) is 0 Å².